The van der Waals surface area contributed by atoms with Gasteiger partial charge in [-0.05, 0) is 57.8 Å². The van der Waals surface area contributed by atoms with Gasteiger partial charge in [-0.2, -0.15) is 0 Å². The van der Waals surface area contributed by atoms with E-state index in [2.05, 4.69) is 62.5 Å². The van der Waals surface area contributed by atoms with Crippen LogP contribution in [-0.2, 0) is 28.6 Å². The number of aliphatic carboxylic acids is 1. The minimum atomic E-state index is -0.884. The van der Waals surface area contributed by atoms with Gasteiger partial charge in [0.05, 0.1) is 34.4 Å². The van der Waals surface area contributed by atoms with Crippen molar-refractivity contribution in [3.8, 4) is 0 Å². The third-order valence-electron chi connectivity index (χ3n) is 9.71. The number of carbonyl (C=O) groups is 3. The van der Waals surface area contributed by atoms with Crippen molar-refractivity contribution in [3.05, 3.63) is 72.9 Å². The summed E-state index contributed by atoms with van der Waals surface area (Å²) in [5, 5.41) is 9.62. The maximum Gasteiger partial charge on any atom is 0.362 e. The molecule has 1 N–H and O–H groups in total. The number of carboxylic acid groups (broad SMARTS) is 1. The third kappa shape index (κ3) is 38.1. The van der Waals surface area contributed by atoms with Gasteiger partial charge in [-0.1, -0.05) is 164 Å². The van der Waals surface area contributed by atoms with Gasteiger partial charge >= 0.3 is 17.9 Å². The summed E-state index contributed by atoms with van der Waals surface area (Å²) in [5.74, 6) is -1.52. The molecule has 0 heterocycles. The van der Waals surface area contributed by atoms with Crippen LogP contribution >= 0.6 is 0 Å². The zero-order chi connectivity index (χ0) is 42.1. The molecule has 2 atom stereocenters. The van der Waals surface area contributed by atoms with Gasteiger partial charge < -0.3 is 23.8 Å². The lowest BCUT2D eigenvalue weighted by atomic mass is 10.1. The average Bonchev–Trinajstić information content (AvgIpc) is 3.17. The van der Waals surface area contributed by atoms with Gasteiger partial charge in [0.2, 0.25) is 0 Å². The summed E-state index contributed by atoms with van der Waals surface area (Å²) in [6.07, 6.45) is 49.4. The smallest absolute Gasteiger partial charge is 0.362 e. The molecular formula is C49H84NO7+. The summed E-state index contributed by atoms with van der Waals surface area (Å²) < 4.78 is 17.2. The number of hydrogen-bond acceptors (Lipinski definition) is 6. The van der Waals surface area contributed by atoms with Gasteiger partial charge in [-0.15, -0.1) is 0 Å². The Morgan fingerprint density at radius 3 is 1.47 bits per heavy atom. The highest BCUT2D eigenvalue weighted by molar-refractivity contribution is 5.72. The predicted molar refractivity (Wildman–Crippen MR) is 238 cm³/mol. The Morgan fingerprint density at radius 1 is 0.544 bits per heavy atom. The van der Waals surface area contributed by atoms with Crippen molar-refractivity contribution in [3.63, 3.8) is 0 Å². The summed E-state index contributed by atoms with van der Waals surface area (Å²) in [5.41, 5.74) is 0. The van der Waals surface area contributed by atoms with Crippen LogP contribution in [0.3, 0.4) is 0 Å². The lowest BCUT2D eigenvalue weighted by Crippen LogP contribution is -2.50. The minimum absolute atomic E-state index is 0.0432. The van der Waals surface area contributed by atoms with Gasteiger partial charge in [0.25, 0.3) is 0 Å². The molecule has 0 aromatic carbocycles. The molecule has 0 bridgehead atoms. The second kappa shape index (κ2) is 39.6. The van der Waals surface area contributed by atoms with E-state index in [9.17, 15) is 19.5 Å². The maximum absolute atomic E-state index is 12.7. The first-order valence-corrected chi connectivity index (χ1v) is 22.5. The highest BCUT2D eigenvalue weighted by Crippen LogP contribution is 2.13. The molecule has 326 valence electrons. The van der Waals surface area contributed by atoms with E-state index in [0.29, 0.717) is 19.3 Å². The molecule has 0 saturated carbocycles. The van der Waals surface area contributed by atoms with Crippen LogP contribution < -0.4 is 0 Å². The zero-order valence-electron chi connectivity index (χ0n) is 37.0. The van der Waals surface area contributed by atoms with Crippen molar-refractivity contribution in [2.75, 3.05) is 41.0 Å². The first kappa shape index (κ1) is 53.8. The van der Waals surface area contributed by atoms with E-state index in [-0.39, 0.29) is 36.2 Å². The molecule has 0 fully saturated rings. The van der Waals surface area contributed by atoms with Gasteiger partial charge in [0, 0.05) is 19.3 Å². The van der Waals surface area contributed by atoms with Crippen LogP contribution in [-0.4, -0.2) is 80.6 Å². The Kier molecular flexibility index (Phi) is 37.3. The second-order valence-electron chi connectivity index (χ2n) is 16.0. The molecule has 2 unspecified atom stereocenters. The minimum Gasteiger partial charge on any atom is -0.477 e. The topological polar surface area (TPSA) is 99.1 Å². The molecule has 57 heavy (non-hydrogen) atoms. The summed E-state index contributed by atoms with van der Waals surface area (Å²) >= 11 is 0. The van der Waals surface area contributed by atoms with Crippen molar-refractivity contribution < 1.29 is 38.2 Å². The fourth-order valence-corrected chi connectivity index (χ4v) is 6.21. The fourth-order valence-electron chi connectivity index (χ4n) is 6.21. The molecule has 0 aliphatic rings. The van der Waals surface area contributed by atoms with Crippen molar-refractivity contribution in [2.45, 2.75) is 180 Å². The summed E-state index contributed by atoms with van der Waals surface area (Å²) in [6, 6.07) is -0.625. The van der Waals surface area contributed by atoms with Crippen LogP contribution in [0.2, 0.25) is 0 Å². The summed E-state index contributed by atoms with van der Waals surface area (Å²) in [7, 11) is 5.51. The Labute approximate surface area is 349 Å². The molecule has 0 saturated heterocycles. The van der Waals surface area contributed by atoms with Gasteiger partial charge in [0.15, 0.2) is 12.1 Å². The number of unbranched alkanes of at least 4 members (excludes halogenated alkanes) is 17. The van der Waals surface area contributed by atoms with Crippen LogP contribution in [0.1, 0.15) is 168 Å². The quantitative estimate of drug-likeness (QED) is 0.0286. The van der Waals surface area contributed by atoms with Crippen molar-refractivity contribution >= 4 is 17.9 Å². The Hall–Kier alpha value is -3.23. The number of carbonyl (C=O) groups excluding carboxylic acids is 2. The van der Waals surface area contributed by atoms with Crippen LogP contribution in [0.5, 0.6) is 0 Å². The summed E-state index contributed by atoms with van der Waals surface area (Å²) in [6.45, 7) is 4.54. The van der Waals surface area contributed by atoms with E-state index in [1.165, 1.54) is 51.4 Å². The molecule has 0 aromatic heterocycles. The number of rotatable bonds is 39. The highest BCUT2D eigenvalue weighted by atomic mass is 16.6. The maximum atomic E-state index is 12.7. The molecule has 0 spiro atoms. The molecule has 0 aliphatic carbocycles. The Balaban J connectivity index is 4.42. The van der Waals surface area contributed by atoms with Gasteiger partial charge in [-0.25, -0.2) is 4.79 Å². The standard InChI is InChI=1S/C49H83NO7/c1-6-8-10-12-14-16-18-20-22-23-24-26-28-30-32-34-36-38-40-48(52)57-45(43-55-42-41-46(49(53)54)50(3,4)5)44-56-47(51)39-37-35-33-31-29-27-25-21-19-17-15-13-11-9-7-2/h9,11,13,15,17,19,21-26,45-46H,6-8,10,12,14,16,18,20,27-44H2,1-5H3/p+1/b11-9+,15-13+,19-17+,23-22+,25-21+,26-24+. The van der Waals surface area contributed by atoms with E-state index < -0.39 is 18.1 Å². The zero-order valence-corrected chi connectivity index (χ0v) is 37.0. The predicted octanol–water partition coefficient (Wildman–Crippen LogP) is 12.4. The molecule has 0 aliphatic heterocycles. The number of ether oxygens (including phenoxy) is 3. The Bertz CT molecular complexity index is 1160. The molecule has 0 amide bonds. The van der Waals surface area contributed by atoms with Crippen molar-refractivity contribution in [1.82, 2.24) is 0 Å². The number of quaternary nitrogens is 1. The highest BCUT2D eigenvalue weighted by Gasteiger charge is 2.31. The molecule has 0 rings (SSSR count). The van der Waals surface area contributed by atoms with Crippen molar-refractivity contribution in [2.24, 2.45) is 0 Å². The van der Waals surface area contributed by atoms with Gasteiger partial charge in [0.1, 0.15) is 6.61 Å². The van der Waals surface area contributed by atoms with Crippen LogP contribution in [0.4, 0.5) is 0 Å². The normalized spacial score (nSPS) is 13.6. The Morgan fingerprint density at radius 2 is 0.982 bits per heavy atom. The number of carboxylic acids is 1. The van der Waals surface area contributed by atoms with E-state index in [0.717, 1.165) is 83.5 Å². The molecule has 8 heteroatoms. The molecule has 0 radical (unpaired) electrons. The lowest BCUT2D eigenvalue weighted by molar-refractivity contribution is -0.887. The number of hydrogen-bond donors (Lipinski definition) is 1. The van der Waals surface area contributed by atoms with E-state index in [1.807, 2.05) is 45.4 Å². The van der Waals surface area contributed by atoms with Crippen LogP contribution in [0, 0.1) is 0 Å². The van der Waals surface area contributed by atoms with Gasteiger partial charge in [-0.3, -0.25) is 9.59 Å². The number of likely N-dealkylation sites (N-methyl/N-ethyl adjacent to an activating group) is 1. The largest absolute Gasteiger partial charge is 0.477 e. The number of allylic oxidation sites excluding steroid dienone is 12. The average molecular weight is 799 g/mol. The van der Waals surface area contributed by atoms with E-state index in [4.69, 9.17) is 14.2 Å². The first-order valence-electron chi connectivity index (χ1n) is 22.5. The van der Waals surface area contributed by atoms with Crippen molar-refractivity contribution in [1.29, 1.82) is 0 Å². The monoisotopic (exact) mass is 799 g/mol. The fraction of sp³-hybridized carbons (Fsp3) is 0.694. The molecule has 0 aromatic rings. The van der Waals surface area contributed by atoms with E-state index >= 15 is 0 Å². The van der Waals surface area contributed by atoms with E-state index in [1.54, 1.807) is 0 Å². The lowest BCUT2D eigenvalue weighted by Gasteiger charge is -2.31. The molecule has 8 nitrogen and oxygen atoms in total. The second-order valence-corrected chi connectivity index (χ2v) is 16.0. The third-order valence-corrected chi connectivity index (χ3v) is 9.71. The van der Waals surface area contributed by atoms with Crippen LogP contribution in [0.25, 0.3) is 0 Å². The molecular weight excluding hydrogens is 715 g/mol. The van der Waals surface area contributed by atoms with Crippen LogP contribution in [0.15, 0.2) is 72.9 Å². The SMILES string of the molecule is CC/C=C/C=C/C=C/C=C/CCCCCCCC(=O)OCC(COCCC(C(=O)O)[N+](C)(C)C)OC(=O)CCCCCCC/C=C/C=C/CCCCCCCCC. The first-order chi connectivity index (χ1) is 27.6. The number of nitrogens with zero attached hydrogens (tertiary/aromatic N) is 1. The summed E-state index contributed by atoms with van der Waals surface area (Å²) in [4.78, 5) is 37.0. The number of esters is 2.